The number of hydrogen-bond donors (Lipinski definition) is 2. The first-order valence-corrected chi connectivity index (χ1v) is 9.05. The molecule has 0 spiro atoms. The Balaban J connectivity index is 1.42. The molecule has 6 nitrogen and oxygen atoms in total. The van der Waals surface area contributed by atoms with Crippen molar-refractivity contribution >= 4 is 28.8 Å². The van der Waals surface area contributed by atoms with Gasteiger partial charge in [0.2, 0.25) is 11.8 Å². The molecule has 0 atom stereocenters. The van der Waals surface area contributed by atoms with Gasteiger partial charge >= 0.3 is 0 Å². The van der Waals surface area contributed by atoms with Crippen LogP contribution in [0.1, 0.15) is 12.1 Å². The number of thiazole rings is 1. The zero-order valence-corrected chi connectivity index (χ0v) is 14.8. The van der Waals surface area contributed by atoms with Gasteiger partial charge in [-0.2, -0.15) is 0 Å². The molecule has 0 radical (unpaired) electrons. The van der Waals surface area contributed by atoms with Crippen molar-refractivity contribution in [2.75, 3.05) is 11.9 Å². The number of aryl methyl sites for hydroxylation is 1. The van der Waals surface area contributed by atoms with Gasteiger partial charge in [0.25, 0.3) is 0 Å². The number of pyridine rings is 1. The number of carbonyl (C=O) groups excluding carboxylic acids is 2. The Morgan fingerprint density at radius 3 is 2.65 bits per heavy atom. The molecule has 2 heterocycles. The summed E-state index contributed by atoms with van der Waals surface area (Å²) in [7, 11) is 0. The van der Waals surface area contributed by atoms with Crippen molar-refractivity contribution in [2.24, 2.45) is 0 Å². The molecule has 0 saturated heterocycles. The van der Waals surface area contributed by atoms with Gasteiger partial charge in [-0.05, 0) is 30.7 Å². The predicted molar refractivity (Wildman–Crippen MR) is 102 cm³/mol. The lowest BCUT2D eigenvalue weighted by molar-refractivity contribution is -0.124. The highest BCUT2D eigenvalue weighted by atomic mass is 32.1. The van der Waals surface area contributed by atoms with E-state index in [4.69, 9.17) is 0 Å². The van der Waals surface area contributed by atoms with Gasteiger partial charge in [-0.1, -0.05) is 18.2 Å². The fraction of sp³-hybridized carbons (Fsp3) is 0.158. The van der Waals surface area contributed by atoms with E-state index in [2.05, 4.69) is 20.6 Å². The molecule has 1 aromatic carbocycles. The maximum atomic E-state index is 11.9. The molecule has 0 aliphatic rings. The Morgan fingerprint density at radius 2 is 1.88 bits per heavy atom. The third-order valence-electron chi connectivity index (χ3n) is 3.57. The van der Waals surface area contributed by atoms with E-state index in [1.165, 1.54) is 11.3 Å². The van der Waals surface area contributed by atoms with Gasteiger partial charge in [0.05, 0.1) is 12.2 Å². The summed E-state index contributed by atoms with van der Waals surface area (Å²) in [4.78, 5) is 32.3. The number of amides is 2. The highest BCUT2D eigenvalue weighted by molar-refractivity contribution is 7.13. The summed E-state index contributed by atoms with van der Waals surface area (Å²) in [5.74, 6) is -0.429. The Kier molecular flexibility index (Phi) is 6.05. The van der Waals surface area contributed by atoms with E-state index < -0.39 is 0 Å². The molecule has 0 saturated carbocycles. The second-order valence-corrected chi connectivity index (χ2v) is 6.43. The molecular formula is C19H18N4O2S. The van der Waals surface area contributed by atoms with Gasteiger partial charge in [0, 0.05) is 35.4 Å². The highest BCUT2D eigenvalue weighted by Crippen LogP contribution is 2.23. The smallest absolute Gasteiger partial charge is 0.243 e. The fourth-order valence-electron chi connectivity index (χ4n) is 2.28. The van der Waals surface area contributed by atoms with Crippen LogP contribution in [0, 0.1) is 0 Å². The van der Waals surface area contributed by atoms with Crippen LogP contribution in [0.5, 0.6) is 0 Å². The van der Waals surface area contributed by atoms with Gasteiger partial charge in [-0.3, -0.25) is 14.6 Å². The van der Waals surface area contributed by atoms with Crippen LogP contribution in [0.4, 0.5) is 5.69 Å². The van der Waals surface area contributed by atoms with E-state index >= 15 is 0 Å². The Bertz CT molecular complexity index is 866. The molecule has 3 aromatic rings. The number of benzene rings is 1. The second-order valence-electron chi connectivity index (χ2n) is 5.58. The number of rotatable bonds is 7. The molecule has 0 aliphatic carbocycles. The topological polar surface area (TPSA) is 84.0 Å². The van der Waals surface area contributed by atoms with Crippen molar-refractivity contribution < 1.29 is 9.59 Å². The molecule has 0 aliphatic heterocycles. The van der Waals surface area contributed by atoms with Crippen molar-refractivity contribution in [1.82, 2.24) is 15.3 Å². The first-order valence-electron chi connectivity index (χ1n) is 8.17. The molecular weight excluding hydrogens is 348 g/mol. The van der Waals surface area contributed by atoms with E-state index in [1.54, 1.807) is 24.5 Å². The Hall–Kier alpha value is -3.06. The zero-order valence-electron chi connectivity index (χ0n) is 14.0. The number of hydrogen-bond acceptors (Lipinski definition) is 5. The zero-order chi connectivity index (χ0) is 18.2. The average Bonchev–Trinajstić information content (AvgIpc) is 3.15. The predicted octanol–water partition coefficient (Wildman–Crippen LogP) is 2.89. The van der Waals surface area contributed by atoms with E-state index in [-0.39, 0.29) is 24.8 Å². The second kappa shape index (κ2) is 8.87. The number of carbonyl (C=O) groups is 2. The number of aromatic nitrogens is 2. The van der Waals surface area contributed by atoms with Crippen molar-refractivity contribution in [2.45, 2.75) is 12.8 Å². The molecule has 3 rings (SSSR count). The monoisotopic (exact) mass is 366 g/mol. The number of anilines is 1. The molecule has 2 amide bonds. The third-order valence-corrected chi connectivity index (χ3v) is 4.51. The molecule has 7 heteroatoms. The quantitative estimate of drug-likeness (QED) is 0.673. The SMILES string of the molecule is O=C(CCc1csc(-c2cccnc2)n1)NCC(=O)Nc1ccccc1. The van der Waals surface area contributed by atoms with E-state index in [1.807, 2.05) is 35.7 Å². The summed E-state index contributed by atoms with van der Waals surface area (Å²) in [6.07, 6.45) is 4.30. The first kappa shape index (κ1) is 17.8. The maximum Gasteiger partial charge on any atom is 0.243 e. The lowest BCUT2D eigenvalue weighted by atomic mass is 10.2. The minimum Gasteiger partial charge on any atom is -0.347 e. The lowest BCUT2D eigenvalue weighted by Crippen LogP contribution is -2.32. The van der Waals surface area contributed by atoms with Gasteiger partial charge in [0.15, 0.2) is 0 Å². The normalized spacial score (nSPS) is 10.3. The number of nitrogens with one attached hydrogen (secondary N) is 2. The van der Waals surface area contributed by atoms with Gasteiger partial charge in [-0.15, -0.1) is 11.3 Å². The van der Waals surface area contributed by atoms with Crippen molar-refractivity contribution in [3.05, 3.63) is 65.9 Å². The summed E-state index contributed by atoms with van der Waals surface area (Å²) in [6.45, 7) is -0.0499. The third kappa shape index (κ3) is 5.22. The van der Waals surface area contributed by atoms with Crippen LogP contribution < -0.4 is 10.6 Å². The highest BCUT2D eigenvalue weighted by Gasteiger charge is 2.09. The van der Waals surface area contributed by atoms with Crippen LogP contribution in [0.2, 0.25) is 0 Å². The molecule has 2 aromatic heterocycles. The minimum absolute atomic E-state index is 0.0499. The van der Waals surface area contributed by atoms with Crippen LogP contribution in [0.3, 0.4) is 0 Å². The van der Waals surface area contributed by atoms with E-state index in [9.17, 15) is 9.59 Å². The van der Waals surface area contributed by atoms with Crippen LogP contribution in [-0.2, 0) is 16.0 Å². The van der Waals surface area contributed by atoms with Crippen LogP contribution in [0.25, 0.3) is 10.6 Å². The molecule has 2 N–H and O–H groups in total. The minimum atomic E-state index is -0.253. The molecule has 0 bridgehead atoms. The molecule has 0 unspecified atom stereocenters. The molecule has 0 fully saturated rings. The summed E-state index contributed by atoms with van der Waals surface area (Å²) in [5, 5.41) is 8.18. The summed E-state index contributed by atoms with van der Waals surface area (Å²) < 4.78 is 0. The molecule has 26 heavy (non-hydrogen) atoms. The van der Waals surface area contributed by atoms with Crippen molar-refractivity contribution in [3.63, 3.8) is 0 Å². The summed E-state index contributed by atoms with van der Waals surface area (Å²) in [6, 6.07) is 12.9. The average molecular weight is 366 g/mol. The Labute approximate surface area is 155 Å². The van der Waals surface area contributed by atoms with Crippen LogP contribution in [-0.4, -0.2) is 28.3 Å². The number of para-hydroxylation sites is 1. The van der Waals surface area contributed by atoms with Crippen LogP contribution in [0.15, 0.2) is 60.2 Å². The van der Waals surface area contributed by atoms with Crippen molar-refractivity contribution in [1.29, 1.82) is 0 Å². The van der Waals surface area contributed by atoms with E-state index in [0.717, 1.165) is 16.3 Å². The van der Waals surface area contributed by atoms with Crippen LogP contribution >= 0.6 is 11.3 Å². The lowest BCUT2D eigenvalue weighted by Gasteiger charge is -2.06. The largest absolute Gasteiger partial charge is 0.347 e. The molecule has 132 valence electrons. The summed E-state index contributed by atoms with van der Waals surface area (Å²) >= 11 is 1.53. The van der Waals surface area contributed by atoms with Crippen molar-refractivity contribution in [3.8, 4) is 10.6 Å². The number of nitrogens with zero attached hydrogens (tertiary/aromatic N) is 2. The van der Waals surface area contributed by atoms with Gasteiger partial charge in [-0.25, -0.2) is 4.98 Å². The van der Waals surface area contributed by atoms with E-state index in [0.29, 0.717) is 12.1 Å². The first-order chi connectivity index (χ1) is 12.7. The fourth-order valence-corrected chi connectivity index (χ4v) is 3.12. The standard InChI is InChI=1S/C19H18N4O2S/c24-17(21-12-18(25)22-15-6-2-1-3-7-15)9-8-16-13-26-19(23-16)14-5-4-10-20-11-14/h1-7,10-11,13H,8-9,12H2,(H,21,24)(H,22,25). The Morgan fingerprint density at radius 1 is 1.04 bits per heavy atom. The summed E-state index contributed by atoms with van der Waals surface area (Å²) in [5.41, 5.74) is 2.53. The van der Waals surface area contributed by atoms with Gasteiger partial charge < -0.3 is 10.6 Å². The van der Waals surface area contributed by atoms with Gasteiger partial charge in [0.1, 0.15) is 5.01 Å². The maximum absolute atomic E-state index is 11.9.